The molecule has 2 rings (SSSR count). The Morgan fingerprint density at radius 3 is 2.89 bits per heavy atom. The number of hydrogen-bond donors (Lipinski definition) is 1. The minimum atomic E-state index is -0.396. The molecule has 18 heavy (non-hydrogen) atoms. The molecule has 0 aliphatic carbocycles. The molecule has 1 aromatic heterocycles. The second-order valence-corrected chi connectivity index (χ2v) is 4.04. The van der Waals surface area contributed by atoms with Gasteiger partial charge in [-0.25, -0.2) is 0 Å². The number of nitrogens with zero attached hydrogens (tertiary/aromatic N) is 1. The molecular formula is C12H11ClN2O3. The van der Waals surface area contributed by atoms with Crippen LogP contribution in [0.2, 0.25) is 5.02 Å². The first-order chi connectivity index (χ1) is 8.61. The molecule has 1 heterocycles. The zero-order chi connectivity index (χ0) is 13.1. The molecule has 1 aromatic carbocycles. The Labute approximate surface area is 109 Å². The van der Waals surface area contributed by atoms with E-state index in [-0.39, 0.29) is 5.76 Å². The lowest BCUT2D eigenvalue weighted by atomic mass is 10.2. The molecule has 1 N–H and O–H groups in total. The van der Waals surface area contributed by atoms with Gasteiger partial charge in [0.05, 0.1) is 19.0 Å². The second kappa shape index (κ2) is 5.10. The van der Waals surface area contributed by atoms with Crippen LogP contribution < -0.4 is 10.1 Å². The molecule has 94 valence electrons. The lowest BCUT2D eigenvalue weighted by molar-refractivity contribution is 0.0987. The van der Waals surface area contributed by atoms with E-state index in [2.05, 4.69) is 10.5 Å². The highest BCUT2D eigenvalue weighted by Crippen LogP contribution is 2.31. The number of ether oxygens (including phenoxy) is 1. The van der Waals surface area contributed by atoms with Crippen molar-refractivity contribution in [2.45, 2.75) is 6.92 Å². The number of benzene rings is 1. The average molecular weight is 267 g/mol. The fourth-order valence-corrected chi connectivity index (χ4v) is 1.60. The van der Waals surface area contributed by atoms with Gasteiger partial charge in [-0.1, -0.05) is 16.8 Å². The summed E-state index contributed by atoms with van der Waals surface area (Å²) in [6, 6.07) is 4.85. The third kappa shape index (κ3) is 2.46. The van der Waals surface area contributed by atoms with Gasteiger partial charge in [0, 0.05) is 17.2 Å². The Bertz CT molecular complexity index is 567. The summed E-state index contributed by atoms with van der Waals surface area (Å²) < 4.78 is 9.92. The van der Waals surface area contributed by atoms with E-state index >= 15 is 0 Å². The van der Waals surface area contributed by atoms with Gasteiger partial charge in [0.25, 0.3) is 5.91 Å². The highest BCUT2D eigenvalue weighted by atomic mass is 35.5. The smallest absolute Gasteiger partial charge is 0.294 e. The molecule has 6 heteroatoms. The van der Waals surface area contributed by atoms with Crippen molar-refractivity contribution in [3.63, 3.8) is 0 Å². The lowest BCUT2D eigenvalue weighted by Crippen LogP contribution is -2.12. The van der Waals surface area contributed by atoms with Crippen LogP contribution in [0.5, 0.6) is 5.75 Å². The standard InChI is InChI=1S/C12H11ClN2O3/c1-7-5-9(11(17-2)6-8(7)13)15-12(16)10-3-4-14-18-10/h3-6H,1-2H3,(H,15,16). The van der Waals surface area contributed by atoms with Crippen LogP contribution >= 0.6 is 11.6 Å². The summed E-state index contributed by atoms with van der Waals surface area (Å²) in [4.78, 5) is 11.8. The molecule has 0 atom stereocenters. The average Bonchev–Trinajstić information content (AvgIpc) is 2.87. The second-order valence-electron chi connectivity index (χ2n) is 3.63. The van der Waals surface area contributed by atoms with Crippen LogP contribution in [0.1, 0.15) is 16.1 Å². The van der Waals surface area contributed by atoms with E-state index < -0.39 is 5.91 Å². The van der Waals surface area contributed by atoms with E-state index in [1.807, 2.05) is 6.92 Å². The highest BCUT2D eigenvalue weighted by molar-refractivity contribution is 6.31. The SMILES string of the molecule is COc1cc(Cl)c(C)cc1NC(=O)c1ccno1. The minimum absolute atomic E-state index is 0.129. The number of halogens is 1. The number of nitrogens with one attached hydrogen (secondary N) is 1. The first-order valence-electron chi connectivity index (χ1n) is 5.18. The van der Waals surface area contributed by atoms with Crippen LogP contribution in [0.4, 0.5) is 5.69 Å². The van der Waals surface area contributed by atoms with Crippen LogP contribution in [0.25, 0.3) is 0 Å². The monoisotopic (exact) mass is 266 g/mol. The predicted molar refractivity (Wildman–Crippen MR) is 67.2 cm³/mol. The minimum Gasteiger partial charge on any atom is -0.495 e. The molecule has 0 saturated heterocycles. The van der Waals surface area contributed by atoms with Gasteiger partial charge in [-0.05, 0) is 18.6 Å². The quantitative estimate of drug-likeness (QED) is 0.928. The van der Waals surface area contributed by atoms with Crippen molar-refractivity contribution in [1.29, 1.82) is 0 Å². The summed E-state index contributed by atoms with van der Waals surface area (Å²) in [6.07, 6.45) is 1.40. The van der Waals surface area contributed by atoms with Gasteiger partial charge in [0.2, 0.25) is 5.76 Å². The fraction of sp³-hybridized carbons (Fsp3) is 0.167. The van der Waals surface area contributed by atoms with E-state index in [0.29, 0.717) is 16.5 Å². The number of aryl methyl sites for hydroxylation is 1. The third-order valence-electron chi connectivity index (χ3n) is 2.39. The summed E-state index contributed by atoms with van der Waals surface area (Å²) >= 11 is 5.98. The molecule has 1 amide bonds. The Morgan fingerprint density at radius 1 is 1.50 bits per heavy atom. The van der Waals surface area contributed by atoms with Crippen molar-refractivity contribution in [3.8, 4) is 5.75 Å². The number of rotatable bonds is 3. The molecular weight excluding hydrogens is 256 g/mol. The van der Waals surface area contributed by atoms with Gasteiger partial charge in [-0.3, -0.25) is 4.79 Å². The number of hydrogen-bond acceptors (Lipinski definition) is 4. The molecule has 2 aromatic rings. The van der Waals surface area contributed by atoms with Crippen LogP contribution in [0.3, 0.4) is 0 Å². The van der Waals surface area contributed by atoms with Crippen molar-refractivity contribution in [2.75, 3.05) is 12.4 Å². The van der Waals surface area contributed by atoms with E-state index in [0.717, 1.165) is 5.56 Å². The maximum Gasteiger partial charge on any atom is 0.294 e. The largest absolute Gasteiger partial charge is 0.495 e. The van der Waals surface area contributed by atoms with E-state index in [9.17, 15) is 4.79 Å². The number of aromatic nitrogens is 1. The first-order valence-corrected chi connectivity index (χ1v) is 5.56. The molecule has 0 bridgehead atoms. The number of anilines is 1. The van der Waals surface area contributed by atoms with Gasteiger partial charge >= 0.3 is 0 Å². The van der Waals surface area contributed by atoms with Crippen molar-refractivity contribution in [3.05, 3.63) is 40.7 Å². The lowest BCUT2D eigenvalue weighted by Gasteiger charge is -2.11. The van der Waals surface area contributed by atoms with Crippen LogP contribution in [0, 0.1) is 6.92 Å². The maximum atomic E-state index is 11.8. The summed E-state index contributed by atoms with van der Waals surface area (Å²) in [5.41, 5.74) is 1.37. The van der Waals surface area contributed by atoms with E-state index in [1.165, 1.54) is 19.4 Å². The molecule has 0 aliphatic rings. The number of carbonyl (C=O) groups excluding carboxylic acids is 1. The van der Waals surface area contributed by atoms with Gasteiger partial charge in [0.1, 0.15) is 5.75 Å². The molecule has 0 fully saturated rings. The van der Waals surface area contributed by atoms with Crippen LogP contribution in [0.15, 0.2) is 28.9 Å². The van der Waals surface area contributed by atoms with Crippen LogP contribution in [-0.2, 0) is 0 Å². The number of carbonyl (C=O) groups is 1. The Balaban J connectivity index is 2.28. The third-order valence-corrected chi connectivity index (χ3v) is 2.80. The van der Waals surface area contributed by atoms with Crippen molar-refractivity contribution < 1.29 is 14.1 Å². The van der Waals surface area contributed by atoms with E-state index in [1.54, 1.807) is 12.1 Å². The summed E-state index contributed by atoms with van der Waals surface area (Å²) in [7, 11) is 1.51. The highest BCUT2D eigenvalue weighted by Gasteiger charge is 2.14. The zero-order valence-corrected chi connectivity index (χ0v) is 10.6. The van der Waals surface area contributed by atoms with Crippen molar-refractivity contribution >= 4 is 23.2 Å². The first kappa shape index (κ1) is 12.4. The van der Waals surface area contributed by atoms with Crippen LogP contribution in [-0.4, -0.2) is 18.2 Å². The molecule has 0 spiro atoms. The zero-order valence-electron chi connectivity index (χ0n) is 9.86. The van der Waals surface area contributed by atoms with Gasteiger partial charge < -0.3 is 14.6 Å². The molecule has 0 saturated carbocycles. The predicted octanol–water partition coefficient (Wildman–Crippen LogP) is 2.90. The van der Waals surface area contributed by atoms with Gasteiger partial charge in [0.15, 0.2) is 0 Å². The number of amides is 1. The van der Waals surface area contributed by atoms with Crippen molar-refractivity contribution in [2.24, 2.45) is 0 Å². The fourth-order valence-electron chi connectivity index (χ4n) is 1.45. The van der Waals surface area contributed by atoms with E-state index in [4.69, 9.17) is 20.9 Å². The Kier molecular flexibility index (Phi) is 3.53. The molecule has 0 unspecified atom stereocenters. The van der Waals surface area contributed by atoms with Gasteiger partial charge in [-0.2, -0.15) is 0 Å². The normalized spacial score (nSPS) is 10.2. The molecule has 0 radical (unpaired) electrons. The summed E-state index contributed by atoms with van der Waals surface area (Å²) in [5.74, 6) is 0.218. The topological polar surface area (TPSA) is 64.4 Å². The maximum absolute atomic E-state index is 11.8. The molecule has 5 nitrogen and oxygen atoms in total. The molecule has 0 aliphatic heterocycles. The number of methoxy groups -OCH3 is 1. The van der Waals surface area contributed by atoms with Crippen molar-refractivity contribution in [1.82, 2.24) is 5.16 Å². The van der Waals surface area contributed by atoms with Gasteiger partial charge in [-0.15, -0.1) is 0 Å². The Morgan fingerprint density at radius 2 is 2.28 bits per heavy atom. The summed E-state index contributed by atoms with van der Waals surface area (Å²) in [5, 5.41) is 6.72. The Hall–Kier alpha value is -2.01. The summed E-state index contributed by atoms with van der Waals surface area (Å²) in [6.45, 7) is 1.84.